The van der Waals surface area contributed by atoms with Gasteiger partial charge in [0.05, 0.1) is 11.4 Å². The standard InChI is InChI=1S/C14H12N2O3/c17-13(9-4-2-1-3-5-9)11-8-12-10(15-11)6-7-16(12)14(18)19/h1-5,8,15H,6-7H2,(H,18,19). The van der Waals surface area contributed by atoms with Gasteiger partial charge in [0, 0.05) is 24.2 Å². The van der Waals surface area contributed by atoms with Gasteiger partial charge in [0.25, 0.3) is 0 Å². The number of nitrogens with zero attached hydrogens (tertiary/aromatic N) is 1. The second-order valence-corrected chi connectivity index (χ2v) is 4.43. The smallest absolute Gasteiger partial charge is 0.411 e. The highest BCUT2D eigenvalue weighted by Crippen LogP contribution is 2.29. The summed E-state index contributed by atoms with van der Waals surface area (Å²) >= 11 is 0. The van der Waals surface area contributed by atoms with E-state index < -0.39 is 6.09 Å². The molecule has 0 saturated heterocycles. The highest BCUT2D eigenvalue weighted by Gasteiger charge is 2.27. The number of nitrogens with one attached hydrogen (secondary N) is 1. The minimum Gasteiger partial charge on any atom is -0.465 e. The van der Waals surface area contributed by atoms with Crippen LogP contribution in [0.1, 0.15) is 21.7 Å². The number of hydrogen-bond donors (Lipinski definition) is 2. The summed E-state index contributed by atoms with van der Waals surface area (Å²) < 4.78 is 0. The zero-order valence-electron chi connectivity index (χ0n) is 10.1. The topological polar surface area (TPSA) is 73.4 Å². The fourth-order valence-electron chi connectivity index (χ4n) is 2.33. The highest BCUT2D eigenvalue weighted by molar-refractivity contribution is 6.09. The molecular formula is C14H12N2O3. The van der Waals surface area contributed by atoms with E-state index in [2.05, 4.69) is 4.98 Å². The number of amides is 1. The van der Waals surface area contributed by atoms with E-state index in [1.54, 1.807) is 30.3 Å². The summed E-state index contributed by atoms with van der Waals surface area (Å²) in [6.07, 6.45) is -0.375. The molecule has 1 aromatic carbocycles. The molecule has 0 aliphatic carbocycles. The molecule has 0 radical (unpaired) electrons. The van der Waals surface area contributed by atoms with E-state index in [9.17, 15) is 9.59 Å². The van der Waals surface area contributed by atoms with Gasteiger partial charge in [-0.15, -0.1) is 0 Å². The summed E-state index contributed by atoms with van der Waals surface area (Å²) in [5, 5.41) is 9.05. The summed E-state index contributed by atoms with van der Waals surface area (Å²) in [5.74, 6) is -0.125. The third kappa shape index (κ3) is 1.89. The normalized spacial score (nSPS) is 13.4. The van der Waals surface area contributed by atoms with Gasteiger partial charge >= 0.3 is 6.09 Å². The average molecular weight is 256 g/mol. The van der Waals surface area contributed by atoms with E-state index in [-0.39, 0.29) is 5.78 Å². The number of carbonyl (C=O) groups excluding carboxylic acids is 1. The molecule has 0 spiro atoms. The molecule has 1 aliphatic rings. The molecule has 3 rings (SSSR count). The first-order chi connectivity index (χ1) is 9.16. The maximum absolute atomic E-state index is 12.2. The number of aromatic amines is 1. The van der Waals surface area contributed by atoms with E-state index in [4.69, 9.17) is 5.11 Å². The number of anilines is 1. The minimum absolute atomic E-state index is 0.125. The number of ketones is 1. The van der Waals surface area contributed by atoms with Crippen LogP contribution >= 0.6 is 0 Å². The number of benzene rings is 1. The molecule has 2 heterocycles. The summed E-state index contributed by atoms with van der Waals surface area (Å²) in [6.45, 7) is 0.441. The predicted molar refractivity (Wildman–Crippen MR) is 69.7 cm³/mol. The summed E-state index contributed by atoms with van der Waals surface area (Å²) in [4.78, 5) is 27.6. The minimum atomic E-state index is -0.989. The van der Waals surface area contributed by atoms with Crippen molar-refractivity contribution in [3.8, 4) is 0 Å². The Kier molecular flexibility index (Phi) is 2.59. The SMILES string of the molecule is O=C(c1ccccc1)c1cc2c([nH]1)CCN2C(=O)O. The van der Waals surface area contributed by atoms with Crippen molar-refractivity contribution in [2.24, 2.45) is 0 Å². The fourth-order valence-corrected chi connectivity index (χ4v) is 2.33. The fraction of sp³-hybridized carbons (Fsp3) is 0.143. The lowest BCUT2D eigenvalue weighted by Crippen LogP contribution is -2.26. The zero-order chi connectivity index (χ0) is 13.4. The molecule has 19 heavy (non-hydrogen) atoms. The monoisotopic (exact) mass is 256 g/mol. The van der Waals surface area contributed by atoms with Crippen molar-refractivity contribution in [2.75, 3.05) is 11.4 Å². The van der Waals surface area contributed by atoms with Crippen molar-refractivity contribution in [3.63, 3.8) is 0 Å². The highest BCUT2D eigenvalue weighted by atomic mass is 16.4. The maximum Gasteiger partial charge on any atom is 0.411 e. The van der Waals surface area contributed by atoms with Crippen molar-refractivity contribution in [1.29, 1.82) is 0 Å². The number of carboxylic acid groups (broad SMARTS) is 1. The predicted octanol–water partition coefficient (Wildman–Crippen LogP) is 2.29. The quantitative estimate of drug-likeness (QED) is 0.809. The van der Waals surface area contributed by atoms with Crippen LogP contribution in [-0.2, 0) is 6.42 Å². The second kappa shape index (κ2) is 4.28. The molecule has 0 bridgehead atoms. The number of H-pyrrole nitrogens is 1. The number of carbonyl (C=O) groups is 2. The summed E-state index contributed by atoms with van der Waals surface area (Å²) in [6, 6.07) is 10.5. The molecule has 5 heteroatoms. The van der Waals surface area contributed by atoms with Gasteiger partial charge in [-0.05, 0) is 6.07 Å². The molecule has 2 N–H and O–H groups in total. The van der Waals surface area contributed by atoms with Gasteiger partial charge in [-0.1, -0.05) is 30.3 Å². The van der Waals surface area contributed by atoms with Crippen LogP contribution in [-0.4, -0.2) is 28.5 Å². The van der Waals surface area contributed by atoms with Crippen molar-refractivity contribution < 1.29 is 14.7 Å². The van der Waals surface area contributed by atoms with Gasteiger partial charge < -0.3 is 10.1 Å². The lowest BCUT2D eigenvalue weighted by atomic mass is 10.1. The van der Waals surface area contributed by atoms with Gasteiger partial charge in [0.2, 0.25) is 5.78 Å². The third-order valence-corrected chi connectivity index (χ3v) is 3.26. The summed E-state index contributed by atoms with van der Waals surface area (Å²) in [5.41, 5.74) is 2.42. The molecule has 1 aliphatic heterocycles. The Labute approximate surface area is 109 Å². The Bertz CT molecular complexity index is 646. The van der Waals surface area contributed by atoms with E-state index in [1.807, 2.05) is 6.07 Å². The van der Waals surface area contributed by atoms with E-state index >= 15 is 0 Å². The Morgan fingerprint density at radius 2 is 1.95 bits per heavy atom. The Balaban J connectivity index is 1.95. The Hall–Kier alpha value is -2.56. The number of hydrogen-bond acceptors (Lipinski definition) is 2. The summed E-state index contributed by atoms with van der Waals surface area (Å²) in [7, 11) is 0. The van der Waals surface area contributed by atoms with E-state index in [0.29, 0.717) is 29.9 Å². The first-order valence-corrected chi connectivity index (χ1v) is 5.99. The van der Waals surface area contributed by atoms with Crippen molar-refractivity contribution in [2.45, 2.75) is 6.42 Å². The molecule has 0 fully saturated rings. The van der Waals surface area contributed by atoms with Gasteiger partial charge in [-0.3, -0.25) is 9.69 Å². The molecule has 0 unspecified atom stereocenters. The van der Waals surface area contributed by atoms with E-state index in [0.717, 1.165) is 5.69 Å². The second-order valence-electron chi connectivity index (χ2n) is 4.43. The van der Waals surface area contributed by atoms with Crippen LogP contribution < -0.4 is 4.90 Å². The number of rotatable bonds is 2. The van der Waals surface area contributed by atoms with Crippen LogP contribution in [0.15, 0.2) is 36.4 Å². The first-order valence-electron chi connectivity index (χ1n) is 5.99. The zero-order valence-corrected chi connectivity index (χ0v) is 10.1. The van der Waals surface area contributed by atoms with Crippen molar-refractivity contribution in [3.05, 3.63) is 53.3 Å². The Morgan fingerprint density at radius 1 is 1.21 bits per heavy atom. The average Bonchev–Trinajstić information content (AvgIpc) is 2.98. The first kappa shape index (κ1) is 11.5. The number of fused-ring (bicyclic) bond motifs is 1. The van der Waals surface area contributed by atoms with Crippen LogP contribution in [0.3, 0.4) is 0 Å². The lowest BCUT2D eigenvalue weighted by Gasteiger charge is -2.09. The molecule has 96 valence electrons. The van der Waals surface area contributed by atoms with E-state index in [1.165, 1.54) is 4.90 Å². The molecule has 0 atom stereocenters. The Morgan fingerprint density at radius 3 is 2.63 bits per heavy atom. The molecule has 1 aromatic heterocycles. The van der Waals surface area contributed by atoms with Crippen molar-refractivity contribution >= 4 is 17.6 Å². The van der Waals surface area contributed by atoms with Gasteiger partial charge in [-0.2, -0.15) is 0 Å². The van der Waals surface area contributed by atoms with Crippen LogP contribution in [0, 0.1) is 0 Å². The van der Waals surface area contributed by atoms with Gasteiger partial charge in [0.1, 0.15) is 0 Å². The largest absolute Gasteiger partial charge is 0.465 e. The van der Waals surface area contributed by atoms with Gasteiger partial charge in [-0.25, -0.2) is 4.79 Å². The molecule has 5 nitrogen and oxygen atoms in total. The van der Waals surface area contributed by atoms with Gasteiger partial charge in [0.15, 0.2) is 0 Å². The maximum atomic E-state index is 12.2. The molecule has 2 aromatic rings. The molecular weight excluding hydrogens is 244 g/mol. The number of aromatic nitrogens is 1. The van der Waals surface area contributed by atoms with Crippen LogP contribution in [0.2, 0.25) is 0 Å². The molecule has 0 saturated carbocycles. The van der Waals surface area contributed by atoms with Crippen LogP contribution in [0.5, 0.6) is 0 Å². The van der Waals surface area contributed by atoms with Crippen LogP contribution in [0.25, 0.3) is 0 Å². The lowest BCUT2D eigenvalue weighted by molar-refractivity contribution is 0.103. The molecule has 1 amide bonds. The van der Waals surface area contributed by atoms with Crippen molar-refractivity contribution in [1.82, 2.24) is 4.98 Å². The van der Waals surface area contributed by atoms with Crippen LogP contribution in [0.4, 0.5) is 10.5 Å². The third-order valence-electron chi connectivity index (χ3n) is 3.26.